The molecule has 0 saturated carbocycles. The summed E-state index contributed by atoms with van der Waals surface area (Å²) in [7, 11) is 0. The predicted molar refractivity (Wildman–Crippen MR) is 102 cm³/mol. The van der Waals surface area contributed by atoms with Gasteiger partial charge in [0.1, 0.15) is 0 Å². The molecule has 1 N–H and O–H groups in total. The number of aromatic amines is 1. The maximum atomic E-state index is 13.1. The van der Waals surface area contributed by atoms with E-state index >= 15 is 0 Å². The van der Waals surface area contributed by atoms with Crippen LogP contribution in [0.15, 0.2) is 18.3 Å². The fraction of sp³-hybridized carbons (Fsp3) is 0.600. The summed E-state index contributed by atoms with van der Waals surface area (Å²) >= 11 is 0. The Labute approximate surface area is 159 Å². The van der Waals surface area contributed by atoms with Crippen LogP contribution in [0, 0.1) is 5.92 Å². The molecule has 7 heteroatoms. The zero-order chi connectivity index (χ0) is 19.2. The lowest BCUT2D eigenvalue weighted by atomic mass is 9.92. The number of piperidine rings is 1. The van der Waals surface area contributed by atoms with Crippen molar-refractivity contribution in [2.24, 2.45) is 5.92 Å². The number of rotatable bonds is 2. The molecule has 2 aliphatic heterocycles. The standard InChI is InChI=1S/C20H27N5O2/c1-20(2,3)25-12-14(10-16(25)26)19(27)24-9-5-6-13(11-24)17-15-7-4-8-21-18(15)23-22-17/h4,7-8,13-14H,5-6,9-12H2,1-3H3,(H,21,22,23)/t13-,14+/m0/s1. The van der Waals surface area contributed by atoms with Gasteiger partial charge in [-0.05, 0) is 45.7 Å². The fourth-order valence-corrected chi connectivity index (χ4v) is 4.37. The molecule has 2 fully saturated rings. The summed E-state index contributed by atoms with van der Waals surface area (Å²) in [5.74, 6) is 0.199. The monoisotopic (exact) mass is 369 g/mol. The minimum absolute atomic E-state index is 0.0834. The number of aromatic nitrogens is 3. The molecule has 2 amide bonds. The van der Waals surface area contributed by atoms with Gasteiger partial charge in [-0.25, -0.2) is 4.98 Å². The van der Waals surface area contributed by atoms with Crippen LogP contribution in [0.1, 0.15) is 51.6 Å². The molecule has 0 bridgehead atoms. The van der Waals surface area contributed by atoms with E-state index in [1.54, 1.807) is 6.20 Å². The van der Waals surface area contributed by atoms with Crippen molar-refractivity contribution in [3.63, 3.8) is 0 Å². The van der Waals surface area contributed by atoms with Crippen LogP contribution in [0.25, 0.3) is 11.0 Å². The first kappa shape index (κ1) is 17.9. The number of nitrogens with one attached hydrogen (secondary N) is 1. The number of H-pyrrole nitrogens is 1. The van der Waals surface area contributed by atoms with Gasteiger partial charge in [-0.1, -0.05) is 0 Å². The van der Waals surface area contributed by atoms with Gasteiger partial charge < -0.3 is 9.80 Å². The van der Waals surface area contributed by atoms with Crippen molar-refractivity contribution in [2.45, 2.75) is 51.5 Å². The maximum Gasteiger partial charge on any atom is 0.228 e. The third-order valence-corrected chi connectivity index (χ3v) is 5.78. The van der Waals surface area contributed by atoms with E-state index in [0.717, 1.165) is 36.1 Å². The average Bonchev–Trinajstić information content (AvgIpc) is 3.24. The molecule has 0 radical (unpaired) electrons. The van der Waals surface area contributed by atoms with Gasteiger partial charge in [0.15, 0.2) is 5.65 Å². The summed E-state index contributed by atoms with van der Waals surface area (Å²) in [5, 5.41) is 8.46. The quantitative estimate of drug-likeness (QED) is 0.881. The van der Waals surface area contributed by atoms with Crippen molar-refractivity contribution in [3.05, 3.63) is 24.0 Å². The minimum atomic E-state index is -0.238. The van der Waals surface area contributed by atoms with Crippen molar-refractivity contribution < 1.29 is 9.59 Å². The Kier molecular flexibility index (Phi) is 4.40. The van der Waals surface area contributed by atoms with Crippen LogP contribution in [0.3, 0.4) is 0 Å². The lowest BCUT2D eigenvalue weighted by Crippen LogP contribution is -2.45. The summed E-state index contributed by atoms with van der Waals surface area (Å²) in [5.41, 5.74) is 1.55. The molecule has 2 aromatic heterocycles. The van der Waals surface area contributed by atoms with E-state index in [1.807, 2.05) is 42.7 Å². The molecule has 2 saturated heterocycles. The highest BCUT2D eigenvalue weighted by atomic mass is 16.2. The summed E-state index contributed by atoms with van der Waals surface area (Å²) in [6.45, 7) is 8.02. The summed E-state index contributed by atoms with van der Waals surface area (Å²) in [6, 6.07) is 3.94. The Morgan fingerprint density at radius 1 is 1.30 bits per heavy atom. The number of hydrogen-bond acceptors (Lipinski definition) is 4. The smallest absolute Gasteiger partial charge is 0.228 e. The Morgan fingerprint density at radius 2 is 2.11 bits per heavy atom. The second-order valence-electron chi connectivity index (χ2n) is 8.71. The minimum Gasteiger partial charge on any atom is -0.342 e. The maximum absolute atomic E-state index is 13.1. The van der Waals surface area contributed by atoms with Crippen LogP contribution in [0.5, 0.6) is 0 Å². The molecule has 0 unspecified atom stereocenters. The first-order valence-electron chi connectivity index (χ1n) is 9.73. The third-order valence-electron chi connectivity index (χ3n) is 5.78. The molecule has 4 rings (SSSR count). The van der Waals surface area contributed by atoms with E-state index in [2.05, 4.69) is 15.2 Å². The highest BCUT2D eigenvalue weighted by Crippen LogP contribution is 2.32. The normalized spacial score (nSPS) is 24.0. The predicted octanol–water partition coefficient (Wildman–Crippen LogP) is 2.31. The van der Waals surface area contributed by atoms with Crippen molar-refractivity contribution in [1.29, 1.82) is 0 Å². The molecular weight excluding hydrogens is 342 g/mol. The van der Waals surface area contributed by atoms with E-state index in [-0.39, 0.29) is 29.2 Å². The van der Waals surface area contributed by atoms with Crippen LogP contribution in [-0.4, -0.2) is 62.0 Å². The Morgan fingerprint density at radius 3 is 2.85 bits per heavy atom. The largest absolute Gasteiger partial charge is 0.342 e. The van der Waals surface area contributed by atoms with E-state index in [0.29, 0.717) is 19.5 Å². The van der Waals surface area contributed by atoms with Crippen LogP contribution in [-0.2, 0) is 9.59 Å². The molecule has 0 aliphatic carbocycles. The Bertz CT molecular complexity index is 869. The topological polar surface area (TPSA) is 82.2 Å². The van der Waals surface area contributed by atoms with Gasteiger partial charge in [0.05, 0.1) is 5.92 Å². The van der Waals surface area contributed by atoms with Gasteiger partial charge in [-0.2, -0.15) is 5.10 Å². The van der Waals surface area contributed by atoms with Crippen molar-refractivity contribution >= 4 is 22.8 Å². The number of nitrogens with zero attached hydrogens (tertiary/aromatic N) is 4. The van der Waals surface area contributed by atoms with E-state index in [1.165, 1.54) is 0 Å². The second kappa shape index (κ2) is 6.62. The number of fused-ring (bicyclic) bond motifs is 1. The Balaban J connectivity index is 1.49. The van der Waals surface area contributed by atoms with Crippen LogP contribution < -0.4 is 0 Å². The van der Waals surface area contributed by atoms with E-state index in [4.69, 9.17) is 0 Å². The second-order valence-corrected chi connectivity index (χ2v) is 8.71. The van der Waals surface area contributed by atoms with Gasteiger partial charge in [-0.15, -0.1) is 0 Å². The number of hydrogen-bond donors (Lipinski definition) is 1. The third kappa shape index (κ3) is 3.31. The van der Waals surface area contributed by atoms with Gasteiger partial charge in [0.25, 0.3) is 0 Å². The first-order valence-corrected chi connectivity index (χ1v) is 9.73. The number of amides is 2. The molecule has 4 heterocycles. The highest BCUT2D eigenvalue weighted by Gasteiger charge is 2.41. The molecular formula is C20H27N5O2. The van der Waals surface area contributed by atoms with E-state index in [9.17, 15) is 9.59 Å². The highest BCUT2D eigenvalue weighted by molar-refractivity contribution is 5.89. The van der Waals surface area contributed by atoms with Crippen molar-refractivity contribution in [3.8, 4) is 0 Å². The van der Waals surface area contributed by atoms with Gasteiger partial charge >= 0.3 is 0 Å². The van der Waals surface area contributed by atoms with E-state index < -0.39 is 0 Å². The molecule has 0 spiro atoms. The molecule has 144 valence electrons. The Hall–Kier alpha value is -2.44. The fourth-order valence-electron chi connectivity index (χ4n) is 4.37. The van der Waals surface area contributed by atoms with Gasteiger partial charge in [0.2, 0.25) is 11.8 Å². The SMILES string of the molecule is CC(C)(C)N1C[C@H](C(=O)N2CCC[C@H](c3[nH]nc4ncccc34)C2)CC1=O. The molecule has 7 nitrogen and oxygen atoms in total. The molecule has 0 aromatic carbocycles. The number of carbonyl (C=O) groups is 2. The molecule has 2 aliphatic rings. The molecule has 2 atom stereocenters. The molecule has 2 aromatic rings. The number of carbonyl (C=O) groups excluding carboxylic acids is 2. The van der Waals surface area contributed by atoms with Gasteiger partial charge in [0, 0.05) is 54.8 Å². The van der Waals surface area contributed by atoms with Crippen LogP contribution in [0.2, 0.25) is 0 Å². The van der Waals surface area contributed by atoms with Crippen molar-refractivity contribution in [1.82, 2.24) is 25.0 Å². The number of likely N-dealkylation sites (tertiary alicyclic amines) is 2. The summed E-state index contributed by atoms with van der Waals surface area (Å²) in [4.78, 5) is 33.5. The summed E-state index contributed by atoms with van der Waals surface area (Å²) in [6.07, 6.45) is 4.05. The number of pyridine rings is 1. The zero-order valence-electron chi connectivity index (χ0n) is 16.2. The van der Waals surface area contributed by atoms with Gasteiger partial charge in [-0.3, -0.25) is 14.7 Å². The molecule has 27 heavy (non-hydrogen) atoms. The zero-order valence-corrected chi connectivity index (χ0v) is 16.2. The summed E-state index contributed by atoms with van der Waals surface area (Å²) < 4.78 is 0. The van der Waals surface area contributed by atoms with Crippen LogP contribution >= 0.6 is 0 Å². The average molecular weight is 369 g/mol. The van der Waals surface area contributed by atoms with Crippen LogP contribution in [0.4, 0.5) is 0 Å². The first-order chi connectivity index (χ1) is 12.8. The lowest BCUT2D eigenvalue weighted by molar-refractivity contribution is -0.137. The van der Waals surface area contributed by atoms with Crippen molar-refractivity contribution in [2.75, 3.05) is 19.6 Å². The lowest BCUT2D eigenvalue weighted by Gasteiger charge is -2.35.